The summed E-state index contributed by atoms with van der Waals surface area (Å²) in [6.07, 6.45) is 5.02. The number of benzene rings is 1. The van der Waals surface area contributed by atoms with Crippen LogP contribution in [-0.4, -0.2) is 11.9 Å². The Labute approximate surface area is 128 Å². The molecular formula is C17H18F2N2O. The summed E-state index contributed by atoms with van der Waals surface area (Å²) >= 11 is 0. The smallest absolute Gasteiger partial charge is 0.262 e. The molecular weight excluding hydrogens is 286 g/mol. The van der Waals surface area contributed by atoms with E-state index in [0.29, 0.717) is 5.92 Å². The van der Waals surface area contributed by atoms with Crippen molar-refractivity contribution in [1.29, 1.82) is 5.26 Å². The highest BCUT2D eigenvalue weighted by molar-refractivity contribution is 6.01. The zero-order valence-electron chi connectivity index (χ0n) is 12.4. The summed E-state index contributed by atoms with van der Waals surface area (Å²) in [4.78, 5) is 12.2. The van der Waals surface area contributed by atoms with E-state index in [1.54, 1.807) is 6.07 Å². The van der Waals surface area contributed by atoms with Crippen molar-refractivity contribution in [1.82, 2.24) is 5.32 Å². The number of nitrogens with one attached hydrogen (secondary N) is 1. The summed E-state index contributed by atoms with van der Waals surface area (Å²) in [6, 6.07) is 5.14. The van der Waals surface area contributed by atoms with Crippen LogP contribution in [0.2, 0.25) is 0 Å². The van der Waals surface area contributed by atoms with Crippen LogP contribution < -0.4 is 5.32 Å². The summed E-state index contributed by atoms with van der Waals surface area (Å²) < 4.78 is 27.2. The van der Waals surface area contributed by atoms with E-state index in [2.05, 4.69) is 12.2 Å². The molecule has 1 aromatic carbocycles. The van der Waals surface area contributed by atoms with E-state index < -0.39 is 17.5 Å². The Balaban J connectivity index is 2.19. The molecule has 2 atom stereocenters. The molecule has 0 saturated heterocycles. The molecule has 3 nitrogen and oxygen atoms in total. The summed E-state index contributed by atoms with van der Waals surface area (Å²) in [5, 5.41) is 11.9. The van der Waals surface area contributed by atoms with Crippen molar-refractivity contribution < 1.29 is 13.6 Å². The Morgan fingerprint density at radius 2 is 1.95 bits per heavy atom. The third kappa shape index (κ3) is 3.70. The van der Waals surface area contributed by atoms with Crippen LogP contribution in [0.3, 0.4) is 0 Å². The molecule has 22 heavy (non-hydrogen) atoms. The Kier molecular flexibility index (Phi) is 5.26. The van der Waals surface area contributed by atoms with Crippen molar-refractivity contribution in [3.8, 4) is 6.07 Å². The molecule has 0 aromatic heterocycles. The van der Waals surface area contributed by atoms with Crippen LogP contribution in [0.1, 0.15) is 38.2 Å². The van der Waals surface area contributed by atoms with Crippen LogP contribution in [-0.2, 0) is 4.79 Å². The van der Waals surface area contributed by atoms with Gasteiger partial charge in [-0.1, -0.05) is 25.8 Å². The maximum Gasteiger partial charge on any atom is 0.262 e. The minimum atomic E-state index is -0.799. The average Bonchev–Trinajstić information content (AvgIpc) is 2.49. The predicted molar refractivity (Wildman–Crippen MR) is 79.5 cm³/mol. The van der Waals surface area contributed by atoms with Crippen molar-refractivity contribution in [2.75, 3.05) is 0 Å². The van der Waals surface area contributed by atoms with Gasteiger partial charge >= 0.3 is 0 Å². The van der Waals surface area contributed by atoms with E-state index in [9.17, 15) is 13.6 Å². The Morgan fingerprint density at radius 1 is 1.32 bits per heavy atom. The predicted octanol–water partition coefficient (Wildman–Crippen LogP) is 3.57. The molecule has 1 N–H and O–H groups in total. The Morgan fingerprint density at radius 3 is 2.55 bits per heavy atom. The molecule has 0 aliphatic heterocycles. The molecule has 0 radical (unpaired) electrons. The van der Waals surface area contributed by atoms with Gasteiger partial charge < -0.3 is 5.32 Å². The highest BCUT2D eigenvalue weighted by atomic mass is 19.1. The minimum absolute atomic E-state index is 0.00321. The number of hydrogen-bond donors (Lipinski definition) is 1. The number of amides is 1. The number of carbonyl (C=O) groups is 1. The SMILES string of the molecule is C[C@H]1CCCC[C@H]1NC(=O)/C(C#N)=C/c1c(F)cccc1F. The lowest BCUT2D eigenvalue weighted by Crippen LogP contribution is -2.41. The van der Waals surface area contributed by atoms with Gasteiger partial charge in [0.2, 0.25) is 0 Å². The van der Waals surface area contributed by atoms with E-state index in [1.807, 2.05) is 0 Å². The lowest BCUT2D eigenvalue weighted by atomic mass is 9.86. The van der Waals surface area contributed by atoms with Gasteiger partial charge in [0.15, 0.2) is 0 Å². The topological polar surface area (TPSA) is 52.9 Å². The van der Waals surface area contributed by atoms with Gasteiger partial charge in [0.05, 0.1) is 0 Å². The zero-order chi connectivity index (χ0) is 16.1. The standard InChI is InChI=1S/C17H18F2N2O/c1-11-5-2-3-8-16(11)21-17(22)12(10-20)9-13-14(18)6-4-7-15(13)19/h4,6-7,9,11,16H,2-3,5,8H2,1H3,(H,21,22)/b12-9+/t11-,16+/m0/s1. The van der Waals surface area contributed by atoms with Gasteiger partial charge in [0, 0.05) is 11.6 Å². The summed E-state index contributed by atoms with van der Waals surface area (Å²) in [7, 11) is 0. The lowest BCUT2D eigenvalue weighted by Gasteiger charge is -2.29. The van der Waals surface area contributed by atoms with Gasteiger partial charge in [0.25, 0.3) is 5.91 Å². The quantitative estimate of drug-likeness (QED) is 0.685. The molecule has 1 saturated carbocycles. The molecule has 1 fully saturated rings. The second-order valence-electron chi connectivity index (χ2n) is 5.65. The van der Waals surface area contributed by atoms with E-state index in [1.165, 1.54) is 6.07 Å². The van der Waals surface area contributed by atoms with Gasteiger partial charge in [0.1, 0.15) is 23.3 Å². The highest BCUT2D eigenvalue weighted by Crippen LogP contribution is 2.24. The van der Waals surface area contributed by atoms with Crippen molar-refractivity contribution >= 4 is 12.0 Å². The molecule has 1 aromatic rings. The van der Waals surface area contributed by atoms with Crippen molar-refractivity contribution in [2.45, 2.75) is 38.6 Å². The van der Waals surface area contributed by atoms with Crippen molar-refractivity contribution in [3.63, 3.8) is 0 Å². The van der Waals surface area contributed by atoms with E-state index in [0.717, 1.165) is 43.9 Å². The first-order valence-corrected chi connectivity index (χ1v) is 7.39. The lowest BCUT2D eigenvalue weighted by molar-refractivity contribution is -0.118. The fraction of sp³-hybridized carbons (Fsp3) is 0.412. The molecule has 0 heterocycles. The molecule has 1 aliphatic carbocycles. The van der Waals surface area contributed by atoms with Crippen LogP contribution in [0.4, 0.5) is 8.78 Å². The number of hydrogen-bond acceptors (Lipinski definition) is 2. The molecule has 1 amide bonds. The second kappa shape index (κ2) is 7.17. The van der Waals surface area contributed by atoms with E-state index >= 15 is 0 Å². The van der Waals surface area contributed by atoms with Gasteiger partial charge in [-0.3, -0.25) is 4.79 Å². The summed E-state index contributed by atoms with van der Waals surface area (Å²) in [6.45, 7) is 2.05. The average molecular weight is 304 g/mol. The summed E-state index contributed by atoms with van der Waals surface area (Å²) in [5.74, 6) is -1.84. The number of halogens is 2. The van der Waals surface area contributed by atoms with Crippen molar-refractivity contribution in [2.24, 2.45) is 5.92 Å². The number of nitriles is 1. The maximum absolute atomic E-state index is 13.6. The fourth-order valence-electron chi connectivity index (χ4n) is 2.72. The van der Waals surface area contributed by atoms with E-state index in [-0.39, 0.29) is 17.2 Å². The highest BCUT2D eigenvalue weighted by Gasteiger charge is 2.24. The maximum atomic E-state index is 13.6. The first-order valence-electron chi connectivity index (χ1n) is 7.39. The fourth-order valence-corrected chi connectivity index (χ4v) is 2.72. The minimum Gasteiger partial charge on any atom is -0.348 e. The third-order valence-corrected chi connectivity index (χ3v) is 4.08. The van der Waals surface area contributed by atoms with Crippen LogP contribution in [0.25, 0.3) is 6.08 Å². The molecule has 0 spiro atoms. The second-order valence-corrected chi connectivity index (χ2v) is 5.65. The Hall–Kier alpha value is -2.22. The zero-order valence-corrected chi connectivity index (χ0v) is 12.4. The van der Waals surface area contributed by atoms with Crippen LogP contribution >= 0.6 is 0 Å². The van der Waals surface area contributed by atoms with Crippen LogP contribution in [0.5, 0.6) is 0 Å². The van der Waals surface area contributed by atoms with Crippen molar-refractivity contribution in [3.05, 3.63) is 41.0 Å². The van der Waals surface area contributed by atoms with Gasteiger partial charge in [-0.05, 0) is 37.0 Å². The Bertz CT molecular complexity index is 614. The molecule has 1 aliphatic rings. The third-order valence-electron chi connectivity index (χ3n) is 4.08. The molecule has 0 bridgehead atoms. The number of carbonyl (C=O) groups excluding carboxylic acids is 1. The molecule has 116 valence electrons. The monoisotopic (exact) mass is 304 g/mol. The first kappa shape index (κ1) is 16.2. The number of rotatable bonds is 3. The summed E-state index contributed by atoms with van der Waals surface area (Å²) in [5.41, 5.74) is -0.660. The van der Waals surface area contributed by atoms with Gasteiger partial charge in [-0.2, -0.15) is 5.26 Å². The largest absolute Gasteiger partial charge is 0.348 e. The molecule has 5 heteroatoms. The van der Waals surface area contributed by atoms with Crippen LogP contribution in [0.15, 0.2) is 23.8 Å². The number of nitrogens with zero attached hydrogens (tertiary/aromatic N) is 1. The van der Waals surface area contributed by atoms with Crippen LogP contribution in [0, 0.1) is 28.9 Å². The molecule has 2 rings (SSSR count). The van der Waals surface area contributed by atoms with E-state index in [4.69, 9.17) is 5.26 Å². The normalized spacial score (nSPS) is 22.0. The van der Waals surface area contributed by atoms with Gasteiger partial charge in [-0.25, -0.2) is 8.78 Å². The first-order chi connectivity index (χ1) is 10.5. The van der Waals surface area contributed by atoms with Gasteiger partial charge in [-0.15, -0.1) is 0 Å². The molecule has 0 unspecified atom stereocenters.